The van der Waals surface area contributed by atoms with Gasteiger partial charge in [0.25, 0.3) is 10.1 Å². The number of nitrogens with zero attached hydrogens (tertiary/aromatic N) is 2. The molecule has 1 rings (SSSR count). The highest BCUT2D eigenvalue weighted by molar-refractivity contribution is 7.85. The molecule has 1 heterocycles. The summed E-state index contributed by atoms with van der Waals surface area (Å²) in [7, 11) is -3.87. The van der Waals surface area contributed by atoms with Crippen molar-refractivity contribution in [3.8, 4) is 0 Å². The number of hydrogen-bond acceptors (Lipinski definition) is 4. The van der Waals surface area contributed by atoms with Gasteiger partial charge in [0.15, 0.2) is 0 Å². The second-order valence-corrected chi connectivity index (χ2v) is 4.64. The molecule has 1 N–H and O–H groups in total. The van der Waals surface area contributed by atoms with Crippen molar-refractivity contribution in [2.45, 2.75) is 6.42 Å². The summed E-state index contributed by atoms with van der Waals surface area (Å²) in [5.74, 6) is 0.604. The predicted octanol–water partition coefficient (Wildman–Crippen LogP) is 0.164. The minimum atomic E-state index is -3.87. The van der Waals surface area contributed by atoms with Crippen LogP contribution in [0.15, 0.2) is 17.6 Å². The van der Waals surface area contributed by atoms with Crippen molar-refractivity contribution >= 4 is 16.0 Å². The lowest BCUT2D eigenvalue weighted by Crippen LogP contribution is -2.32. The third-order valence-electron chi connectivity index (χ3n) is 1.98. The SMILES string of the molecule is C=CCC1=NCCN1CCS(=O)(=O)O. The van der Waals surface area contributed by atoms with Gasteiger partial charge in [0.2, 0.25) is 0 Å². The van der Waals surface area contributed by atoms with E-state index in [1.54, 1.807) is 6.08 Å². The van der Waals surface area contributed by atoms with Crippen LogP contribution < -0.4 is 0 Å². The molecule has 14 heavy (non-hydrogen) atoms. The van der Waals surface area contributed by atoms with Crippen LogP contribution in [0.1, 0.15) is 6.42 Å². The second-order valence-electron chi connectivity index (χ2n) is 3.06. The number of aliphatic imine (C=N–C) groups is 1. The van der Waals surface area contributed by atoms with Gasteiger partial charge in [-0.3, -0.25) is 9.55 Å². The molecule has 0 aromatic heterocycles. The maximum absolute atomic E-state index is 10.5. The van der Waals surface area contributed by atoms with Crippen molar-refractivity contribution in [1.29, 1.82) is 0 Å². The molecule has 0 atom stereocenters. The van der Waals surface area contributed by atoms with E-state index in [2.05, 4.69) is 11.6 Å². The number of hydrogen-bond donors (Lipinski definition) is 1. The van der Waals surface area contributed by atoms with Crippen molar-refractivity contribution < 1.29 is 13.0 Å². The van der Waals surface area contributed by atoms with Crippen molar-refractivity contribution in [3.63, 3.8) is 0 Å². The average molecular weight is 218 g/mol. The summed E-state index contributed by atoms with van der Waals surface area (Å²) in [6, 6.07) is 0. The molecule has 0 aliphatic carbocycles. The molecule has 0 saturated heterocycles. The summed E-state index contributed by atoms with van der Waals surface area (Å²) < 4.78 is 29.6. The first-order chi connectivity index (χ1) is 6.53. The zero-order chi connectivity index (χ0) is 10.6. The molecule has 6 heteroatoms. The van der Waals surface area contributed by atoms with Gasteiger partial charge in [0.05, 0.1) is 12.3 Å². The predicted molar refractivity (Wildman–Crippen MR) is 55.1 cm³/mol. The Morgan fingerprint density at radius 1 is 1.64 bits per heavy atom. The Labute approximate surface area is 83.9 Å². The summed E-state index contributed by atoms with van der Waals surface area (Å²) >= 11 is 0. The minimum Gasteiger partial charge on any atom is -0.357 e. The molecule has 0 aromatic carbocycles. The van der Waals surface area contributed by atoms with Crippen LogP contribution in [0.4, 0.5) is 0 Å². The molecule has 0 unspecified atom stereocenters. The molecule has 1 aliphatic rings. The zero-order valence-corrected chi connectivity index (χ0v) is 8.70. The van der Waals surface area contributed by atoms with Crippen LogP contribution in [0.3, 0.4) is 0 Å². The van der Waals surface area contributed by atoms with E-state index in [1.165, 1.54) is 0 Å². The van der Waals surface area contributed by atoms with Crippen LogP contribution in [0, 0.1) is 0 Å². The summed E-state index contributed by atoms with van der Waals surface area (Å²) in [5, 5.41) is 0. The summed E-state index contributed by atoms with van der Waals surface area (Å²) in [6.45, 7) is 5.30. The fourth-order valence-electron chi connectivity index (χ4n) is 1.32. The van der Waals surface area contributed by atoms with Crippen LogP contribution in [0.2, 0.25) is 0 Å². The summed E-state index contributed by atoms with van der Waals surface area (Å²) in [6.07, 6.45) is 2.37. The fraction of sp³-hybridized carbons (Fsp3) is 0.625. The molecule has 0 spiro atoms. The third kappa shape index (κ3) is 3.47. The fourth-order valence-corrected chi connectivity index (χ4v) is 1.77. The van der Waals surface area contributed by atoms with Crippen LogP contribution in [-0.4, -0.2) is 49.1 Å². The van der Waals surface area contributed by atoms with Crippen molar-refractivity contribution in [1.82, 2.24) is 4.90 Å². The Morgan fingerprint density at radius 3 is 2.93 bits per heavy atom. The molecule has 0 amide bonds. The lowest BCUT2D eigenvalue weighted by Gasteiger charge is -2.18. The lowest BCUT2D eigenvalue weighted by molar-refractivity contribution is 0.447. The molecule has 80 valence electrons. The topological polar surface area (TPSA) is 70.0 Å². The van der Waals surface area contributed by atoms with E-state index >= 15 is 0 Å². The highest BCUT2D eigenvalue weighted by Crippen LogP contribution is 2.05. The van der Waals surface area contributed by atoms with E-state index in [1.807, 2.05) is 4.90 Å². The first-order valence-corrected chi connectivity index (χ1v) is 5.98. The minimum absolute atomic E-state index is 0.247. The van der Waals surface area contributed by atoms with E-state index < -0.39 is 10.1 Å². The van der Waals surface area contributed by atoms with Gasteiger partial charge in [-0.15, -0.1) is 6.58 Å². The first kappa shape index (κ1) is 11.2. The Morgan fingerprint density at radius 2 is 2.36 bits per heavy atom. The van der Waals surface area contributed by atoms with Gasteiger partial charge in [-0.1, -0.05) is 6.08 Å². The van der Waals surface area contributed by atoms with E-state index in [-0.39, 0.29) is 5.75 Å². The molecule has 0 aromatic rings. The Hall–Kier alpha value is -0.880. The normalized spacial score (nSPS) is 16.9. The molecule has 5 nitrogen and oxygen atoms in total. The van der Waals surface area contributed by atoms with Crippen molar-refractivity contribution in [3.05, 3.63) is 12.7 Å². The summed E-state index contributed by atoms with van der Waals surface area (Å²) in [4.78, 5) is 6.06. The van der Waals surface area contributed by atoms with Crippen molar-refractivity contribution in [2.75, 3.05) is 25.4 Å². The number of rotatable bonds is 5. The third-order valence-corrected chi connectivity index (χ3v) is 2.67. The van der Waals surface area contributed by atoms with Gasteiger partial charge >= 0.3 is 0 Å². The molecule has 1 aliphatic heterocycles. The summed E-state index contributed by atoms with van der Waals surface area (Å²) in [5.41, 5.74) is 0. The van der Waals surface area contributed by atoms with E-state index in [4.69, 9.17) is 4.55 Å². The van der Waals surface area contributed by atoms with E-state index in [0.29, 0.717) is 19.5 Å². The molecule has 0 saturated carbocycles. The van der Waals surface area contributed by atoms with Crippen molar-refractivity contribution in [2.24, 2.45) is 4.99 Å². The molecule has 0 radical (unpaired) electrons. The van der Waals surface area contributed by atoms with Crippen LogP contribution in [0.5, 0.6) is 0 Å². The quantitative estimate of drug-likeness (QED) is 0.527. The van der Waals surface area contributed by atoms with Crippen LogP contribution in [0.25, 0.3) is 0 Å². The maximum atomic E-state index is 10.5. The standard InChI is InChI=1S/C8H14N2O3S/c1-2-3-8-9-4-5-10(8)6-7-14(11,12)13/h2H,1,3-7H2,(H,11,12,13). The Kier molecular flexibility index (Phi) is 3.65. The van der Waals surface area contributed by atoms with Gasteiger partial charge in [-0.05, 0) is 0 Å². The van der Waals surface area contributed by atoms with Gasteiger partial charge < -0.3 is 4.90 Å². The first-order valence-electron chi connectivity index (χ1n) is 4.37. The zero-order valence-electron chi connectivity index (χ0n) is 7.89. The highest BCUT2D eigenvalue weighted by atomic mass is 32.2. The largest absolute Gasteiger partial charge is 0.357 e. The molecular formula is C8H14N2O3S. The smallest absolute Gasteiger partial charge is 0.266 e. The highest BCUT2D eigenvalue weighted by Gasteiger charge is 2.17. The lowest BCUT2D eigenvalue weighted by atomic mass is 10.3. The van der Waals surface area contributed by atoms with E-state index in [9.17, 15) is 8.42 Å². The van der Waals surface area contributed by atoms with Gasteiger partial charge in [-0.2, -0.15) is 8.42 Å². The molecular weight excluding hydrogens is 204 g/mol. The van der Waals surface area contributed by atoms with Gasteiger partial charge in [0.1, 0.15) is 5.84 Å². The maximum Gasteiger partial charge on any atom is 0.266 e. The van der Waals surface area contributed by atoms with Crippen LogP contribution in [-0.2, 0) is 10.1 Å². The molecule has 0 bridgehead atoms. The van der Waals surface area contributed by atoms with Gasteiger partial charge in [-0.25, -0.2) is 0 Å². The van der Waals surface area contributed by atoms with Crippen LogP contribution >= 0.6 is 0 Å². The van der Waals surface area contributed by atoms with E-state index in [0.717, 1.165) is 12.4 Å². The monoisotopic (exact) mass is 218 g/mol. The Bertz CT molecular complexity index is 334. The number of amidine groups is 1. The van der Waals surface area contributed by atoms with Gasteiger partial charge in [0, 0.05) is 19.5 Å². The Balaban J connectivity index is 2.46. The molecule has 0 fully saturated rings. The average Bonchev–Trinajstić information content (AvgIpc) is 2.48. The second kappa shape index (κ2) is 4.56.